The van der Waals surface area contributed by atoms with Gasteiger partial charge in [0.1, 0.15) is 0 Å². The van der Waals surface area contributed by atoms with E-state index in [0.29, 0.717) is 35.8 Å². The fourth-order valence-electron chi connectivity index (χ4n) is 3.80. The topological polar surface area (TPSA) is 132 Å². The average molecular weight is 563 g/mol. The fraction of sp³-hybridized carbons (Fsp3) is 0.188. The number of rotatable bonds is 13. The molecule has 0 aliphatic heterocycles. The summed E-state index contributed by atoms with van der Waals surface area (Å²) in [5.41, 5.74) is 4.33. The van der Waals surface area contributed by atoms with Crippen molar-refractivity contribution in [3.63, 3.8) is 0 Å². The predicted octanol–water partition coefficient (Wildman–Crippen LogP) is 9.02. The van der Waals surface area contributed by atoms with Gasteiger partial charge in [-0.05, 0) is 85.6 Å². The molecule has 0 unspecified atom stereocenters. The van der Waals surface area contributed by atoms with Crippen molar-refractivity contribution in [2.75, 3.05) is 23.7 Å². The molecule has 4 amide bonds. The van der Waals surface area contributed by atoms with E-state index < -0.39 is 0 Å². The summed E-state index contributed by atoms with van der Waals surface area (Å²) >= 11 is 0. The average Bonchev–Trinajstić information content (AvgIpc) is 3.02. The second-order valence-electron chi connectivity index (χ2n) is 9.34. The molecule has 214 valence electrons. The van der Waals surface area contributed by atoms with E-state index in [2.05, 4.69) is 41.7 Å². The van der Waals surface area contributed by atoms with E-state index in [4.69, 9.17) is 0 Å². The van der Waals surface area contributed by atoms with E-state index in [-0.39, 0.29) is 12.1 Å². The number of carbonyl (C=O) groups is 2. The fourth-order valence-corrected chi connectivity index (χ4v) is 3.80. The minimum absolute atomic E-state index is 0.251. The van der Waals surface area contributed by atoms with Gasteiger partial charge in [-0.2, -0.15) is 20.5 Å². The first-order valence-corrected chi connectivity index (χ1v) is 13.9. The van der Waals surface area contributed by atoms with Gasteiger partial charge < -0.3 is 21.3 Å². The molecule has 0 saturated carbocycles. The molecule has 0 radical (unpaired) electrons. The van der Waals surface area contributed by atoms with E-state index in [1.807, 2.05) is 60.7 Å². The maximum absolute atomic E-state index is 12.1. The number of hydrogen-bond donors (Lipinski definition) is 4. The largest absolute Gasteiger partial charge is 0.338 e. The van der Waals surface area contributed by atoms with Crippen LogP contribution in [-0.2, 0) is 0 Å². The molecule has 10 heteroatoms. The summed E-state index contributed by atoms with van der Waals surface area (Å²) < 4.78 is 0. The molecule has 0 aliphatic rings. The molecule has 0 aliphatic carbocycles. The Bertz CT molecular complexity index is 1330. The first kappa shape index (κ1) is 29.6. The summed E-state index contributed by atoms with van der Waals surface area (Å²) in [6.07, 6.45) is 3.60. The van der Waals surface area contributed by atoms with Crippen LogP contribution in [0.25, 0.3) is 0 Å². The highest BCUT2D eigenvalue weighted by Gasteiger charge is 2.03. The summed E-state index contributed by atoms with van der Waals surface area (Å²) in [4.78, 5) is 24.3. The van der Waals surface area contributed by atoms with Gasteiger partial charge in [0.15, 0.2) is 0 Å². The Labute approximate surface area is 245 Å². The minimum atomic E-state index is -0.251. The van der Waals surface area contributed by atoms with Crippen molar-refractivity contribution in [1.29, 1.82) is 0 Å². The molecule has 0 aromatic heterocycles. The molecular formula is C32H34N8O2. The third kappa shape index (κ3) is 11.0. The van der Waals surface area contributed by atoms with Crippen molar-refractivity contribution in [2.24, 2.45) is 20.5 Å². The van der Waals surface area contributed by atoms with Crippen LogP contribution in [0, 0.1) is 0 Å². The van der Waals surface area contributed by atoms with Gasteiger partial charge in [0.2, 0.25) is 0 Å². The number of azo groups is 2. The normalized spacial score (nSPS) is 11.0. The Balaban J connectivity index is 1.02. The van der Waals surface area contributed by atoms with Crippen LogP contribution in [0.3, 0.4) is 0 Å². The molecule has 4 aromatic carbocycles. The molecule has 0 fully saturated rings. The quantitative estimate of drug-likeness (QED) is 0.0956. The maximum Gasteiger partial charge on any atom is 0.319 e. The van der Waals surface area contributed by atoms with E-state index in [1.165, 1.54) is 0 Å². The van der Waals surface area contributed by atoms with Gasteiger partial charge in [0.05, 0.1) is 22.7 Å². The van der Waals surface area contributed by atoms with Crippen LogP contribution in [0.2, 0.25) is 0 Å². The van der Waals surface area contributed by atoms with Gasteiger partial charge in [0, 0.05) is 24.5 Å². The van der Waals surface area contributed by atoms with Gasteiger partial charge in [-0.15, -0.1) is 0 Å². The number of benzene rings is 4. The van der Waals surface area contributed by atoms with Crippen LogP contribution in [-0.4, -0.2) is 25.2 Å². The highest BCUT2D eigenvalue weighted by molar-refractivity contribution is 5.89. The molecule has 0 heterocycles. The van der Waals surface area contributed by atoms with Crippen molar-refractivity contribution in [2.45, 2.75) is 25.7 Å². The predicted molar refractivity (Wildman–Crippen MR) is 167 cm³/mol. The van der Waals surface area contributed by atoms with E-state index >= 15 is 0 Å². The Hall–Kier alpha value is -5.38. The van der Waals surface area contributed by atoms with Gasteiger partial charge in [-0.25, -0.2) is 9.59 Å². The zero-order chi connectivity index (χ0) is 29.2. The number of amides is 4. The van der Waals surface area contributed by atoms with Crippen LogP contribution in [0.15, 0.2) is 130 Å². The molecular weight excluding hydrogens is 528 g/mol. The number of anilines is 2. The smallest absolute Gasteiger partial charge is 0.319 e. The third-order valence-corrected chi connectivity index (χ3v) is 6.00. The first-order chi connectivity index (χ1) is 20.6. The third-order valence-electron chi connectivity index (χ3n) is 6.00. The first-order valence-electron chi connectivity index (χ1n) is 13.9. The molecule has 0 saturated heterocycles. The van der Waals surface area contributed by atoms with Crippen molar-refractivity contribution in [3.8, 4) is 0 Å². The van der Waals surface area contributed by atoms with Crippen LogP contribution < -0.4 is 21.3 Å². The zero-order valence-electron chi connectivity index (χ0n) is 23.2. The number of hydrogen-bond acceptors (Lipinski definition) is 6. The lowest BCUT2D eigenvalue weighted by Gasteiger charge is -2.09. The molecule has 10 nitrogen and oxygen atoms in total. The molecule has 4 rings (SSSR count). The van der Waals surface area contributed by atoms with Crippen LogP contribution in [0.4, 0.5) is 43.7 Å². The summed E-state index contributed by atoms with van der Waals surface area (Å²) in [6.45, 7) is 1.15. The number of carbonyl (C=O) groups excluding carboxylic acids is 2. The van der Waals surface area contributed by atoms with Crippen molar-refractivity contribution in [3.05, 3.63) is 109 Å². The second-order valence-corrected chi connectivity index (χ2v) is 9.34. The van der Waals surface area contributed by atoms with Crippen molar-refractivity contribution < 1.29 is 9.59 Å². The lowest BCUT2D eigenvalue weighted by atomic mass is 10.2. The van der Waals surface area contributed by atoms with Gasteiger partial charge in [-0.3, -0.25) is 0 Å². The lowest BCUT2D eigenvalue weighted by molar-refractivity contribution is 0.250. The summed E-state index contributed by atoms with van der Waals surface area (Å²) in [6, 6.07) is 32.8. The van der Waals surface area contributed by atoms with Gasteiger partial charge in [0.25, 0.3) is 0 Å². The maximum atomic E-state index is 12.1. The zero-order valence-corrected chi connectivity index (χ0v) is 23.2. The lowest BCUT2D eigenvalue weighted by Crippen LogP contribution is -2.30. The van der Waals surface area contributed by atoms with E-state index in [0.717, 1.165) is 37.1 Å². The molecule has 4 aromatic rings. The Morgan fingerprint density at radius 1 is 0.429 bits per heavy atom. The Morgan fingerprint density at radius 3 is 1.12 bits per heavy atom. The SMILES string of the molecule is O=C(NCCCCCCNC(=O)Nc1ccc(N=Nc2ccccc2)cc1)Nc1ccc(N=Nc2ccccc2)cc1. The van der Waals surface area contributed by atoms with Gasteiger partial charge >= 0.3 is 12.1 Å². The molecule has 0 atom stereocenters. The minimum Gasteiger partial charge on any atom is -0.338 e. The molecule has 4 N–H and O–H groups in total. The monoisotopic (exact) mass is 562 g/mol. The summed E-state index contributed by atoms with van der Waals surface area (Å²) in [7, 11) is 0. The summed E-state index contributed by atoms with van der Waals surface area (Å²) in [5, 5.41) is 28.1. The highest BCUT2D eigenvalue weighted by atomic mass is 16.2. The highest BCUT2D eigenvalue weighted by Crippen LogP contribution is 2.21. The number of nitrogens with one attached hydrogen (secondary N) is 4. The van der Waals surface area contributed by atoms with Crippen molar-refractivity contribution >= 4 is 46.2 Å². The molecule has 0 spiro atoms. The van der Waals surface area contributed by atoms with Crippen LogP contribution in [0.1, 0.15) is 25.7 Å². The van der Waals surface area contributed by atoms with E-state index in [9.17, 15) is 9.59 Å². The molecule has 0 bridgehead atoms. The summed E-state index contributed by atoms with van der Waals surface area (Å²) in [5.74, 6) is 0. The number of nitrogens with zero attached hydrogens (tertiary/aromatic N) is 4. The number of unbranched alkanes of at least 4 members (excludes halogenated alkanes) is 3. The molecule has 42 heavy (non-hydrogen) atoms. The van der Waals surface area contributed by atoms with E-state index in [1.54, 1.807) is 48.5 Å². The second kappa shape index (κ2) is 16.7. The van der Waals surface area contributed by atoms with Crippen molar-refractivity contribution in [1.82, 2.24) is 10.6 Å². The number of urea groups is 2. The Morgan fingerprint density at radius 2 is 0.762 bits per heavy atom. The standard InChI is InChI=1S/C32H34N8O2/c41-31(35-25-15-19-29(20-16-25)39-37-27-11-5-3-6-12-27)33-23-9-1-2-10-24-34-32(42)36-26-17-21-30(22-18-26)40-38-28-13-7-4-8-14-28/h3-8,11-22H,1-2,9-10,23-24H2,(H2,33,35,41)(H2,34,36,42). The Kier molecular flexibility index (Phi) is 11.7. The van der Waals surface area contributed by atoms with Crippen LogP contribution >= 0.6 is 0 Å². The van der Waals surface area contributed by atoms with Crippen LogP contribution in [0.5, 0.6) is 0 Å². The van der Waals surface area contributed by atoms with Gasteiger partial charge in [-0.1, -0.05) is 49.2 Å².